The smallest absolute Gasteiger partial charge is 0.143 e. The standard InChI is InChI=1S/C50H30N2O/c1-2-14-39-36(33-11-9-12-34(29-33)46-30-51-48-43-18-5-3-15-40(43)41-16-4-6-19-44(41)49(48)52-46)28-27-35(38(39)13-1)31-23-25-32(26-24-31)37-20-10-21-45-42-17-7-8-22-47(42)53-50(37)45/h1-30H. The molecule has 53 heavy (non-hydrogen) atoms. The second-order valence-electron chi connectivity index (χ2n) is 13.7. The zero-order chi connectivity index (χ0) is 34.9. The fourth-order valence-electron chi connectivity index (χ4n) is 8.21. The first-order valence-electron chi connectivity index (χ1n) is 18.0. The number of rotatable bonds is 4. The Morgan fingerprint density at radius 2 is 0.868 bits per heavy atom. The van der Waals surface area contributed by atoms with Crippen molar-refractivity contribution < 1.29 is 4.42 Å². The number of hydrogen-bond donors (Lipinski definition) is 0. The van der Waals surface area contributed by atoms with Crippen molar-refractivity contribution in [3.63, 3.8) is 0 Å². The second-order valence-corrected chi connectivity index (χ2v) is 13.7. The lowest BCUT2D eigenvalue weighted by molar-refractivity contribution is 0.670. The Morgan fingerprint density at radius 3 is 1.58 bits per heavy atom. The fraction of sp³-hybridized carbons (Fsp3) is 0. The quantitative estimate of drug-likeness (QED) is 0.174. The number of furan rings is 1. The maximum atomic E-state index is 6.35. The van der Waals surface area contributed by atoms with E-state index in [1.807, 2.05) is 18.3 Å². The van der Waals surface area contributed by atoms with Crippen LogP contribution in [0, 0.1) is 0 Å². The first-order valence-corrected chi connectivity index (χ1v) is 18.0. The molecule has 0 unspecified atom stereocenters. The summed E-state index contributed by atoms with van der Waals surface area (Å²) in [7, 11) is 0. The van der Waals surface area contributed by atoms with Gasteiger partial charge in [-0.3, -0.25) is 4.98 Å². The molecule has 0 N–H and O–H groups in total. The molecule has 3 nitrogen and oxygen atoms in total. The molecular formula is C50H30N2O. The molecule has 0 aliphatic rings. The molecule has 0 aliphatic carbocycles. The normalized spacial score (nSPS) is 11.8. The molecule has 2 aromatic heterocycles. The van der Waals surface area contributed by atoms with E-state index in [9.17, 15) is 0 Å². The van der Waals surface area contributed by atoms with Crippen LogP contribution in [-0.4, -0.2) is 9.97 Å². The minimum absolute atomic E-state index is 0.860. The van der Waals surface area contributed by atoms with E-state index in [1.165, 1.54) is 38.2 Å². The summed E-state index contributed by atoms with van der Waals surface area (Å²) in [6, 6.07) is 62.4. The van der Waals surface area contributed by atoms with Gasteiger partial charge >= 0.3 is 0 Å². The lowest BCUT2D eigenvalue weighted by Gasteiger charge is -2.14. The molecular weight excluding hydrogens is 645 g/mol. The van der Waals surface area contributed by atoms with Crippen LogP contribution in [0.4, 0.5) is 0 Å². The summed E-state index contributed by atoms with van der Waals surface area (Å²) in [5, 5.41) is 9.35. The van der Waals surface area contributed by atoms with Gasteiger partial charge in [-0.15, -0.1) is 0 Å². The fourth-order valence-corrected chi connectivity index (χ4v) is 8.21. The Bertz CT molecular complexity index is 3190. The summed E-state index contributed by atoms with van der Waals surface area (Å²) in [6.07, 6.45) is 1.92. The van der Waals surface area contributed by atoms with Gasteiger partial charge in [-0.25, -0.2) is 4.98 Å². The van der Waals surface area contributed by atoms with E-state index in [0.717, 1.165) is 71.7 Å². The lowest BCUT2D eigenvalue weighted by Crippen LogP contribution is -1.92. The molecule has 0 spiro atoms. The third-order valence-electron chi connectivity index (χ3n) is 10.7. The molecule has 2 heterocycles. The molecule has 0 amide bonds. The van der Waals surface area contributed by atoms with Crippen LogP contribution in [-0.2, 0) is 0 Å². The van der Waals surface area contributed by atoms with Gasteiger partial charge in [0.25, 0.3) is 0 Å². The van der Waals surface area contributed by atoms with Gasteiger partial charge in [-0.05, 0) is 61.5 Å². The summed E-state index contributed by atoms with van der Waals surface area (Å²) in [5.41, 5.74) is 12.5. The van der Waals surface area contributed by atoms with E-state index < -0.39 is 0 Å². The van der Waals surface area contributed by atoms with E-state index >= 15 is 0 Å². The van der Waals surface area contributed by atoms with Gasteiger partial charge in [-0.2, -0.15) is 0 Å². The average Bonchev–Trinajstić information content (AvgIpc) is 3.62. The summed E-state index contributed by atoms with van der Waals surface area (Å²) >= 11 is 0. The lowest BCUT2D eigenvalue weighted by atomic mass is 9.91. The third-order valence-corrected chi connectivity index (χ3v) is 10.7. The van der Waals surface area contributed by atoms with E-state index in [1.54, 1.807) is 0 Å². The summed E-state index contributed by atoms with van der Waals surface area (Å²) in [6.45, 7) is 0. The highest BCUT2D eigenvalue weighted by Crippen LogP contribution is 2.40. The van der Waals surface area contributed by atoms with Crippen molar-refractivity contribution in [3.8, 4) is 44.6 Å². The minimum Gasteiger partial charge on any atom is -0.455 e. The highest BCUT2D eigenvalue weighted by Gasteiger charge is 2.15. The Kier molecular flexibility index (Phi) is 6.55. The van der Waals surface area contributed by atoms with Crippen molar-refractivity contribution in [3.05, 3.63) is 182 Å². The maximum Gasteiger partial charge on any atom is 0.143 e. The predicted molar refractivity (Wildman–Crippen MR) is 221 cm³/mol. The van der Waals surface area contributed by atoms with Crippen LogP contribution in [0.5, 0.6) is 0 Å². The Hall–Kier alpha value is -7.10. The maximum absolute atomic E-state index is 6.35. The molecule has 11 rings (SSSR count). The second kappa shape index (κ2) is 11.7. The highest BCUT2D eigenvalue weighted by molar-refractivity contribution is 6.23. The van der Waals surface area contributed by atoms with Crippen molar-refractivity contribution in [2.24, 2.45) is 0 Å². The van der Waals surface area contributed by atoms with Gasteiger partial charge in [0.15, 0.2) is 0 Å². The molecule has 0 radical (unpaired) electrons. The van der Waals surface area contributed by atoms with E-state index in [0.29, 0.717) is 0 Å². The molecule has 0 atom stereocenters. The van der Waals surface area contributed by atoms with Crippen molar-refractivity contribution >= 4 is 65.3 Å². The first-order chi connectivity index (χ1) is 26.3. The number of aromatic nitrogens is 2. The third kappa shape index (κ3) is 4.68. The van der Waals surface area contributed by atoms with Gasteiger partial charge in [0.2, 0.25) is 0 Å². The molecule has 0 fully saturated rings. The number of para-hydroxylation sites is 2. The van der Waals surface area contributed by atoms with Crippen LogP contribution in [0.3, 0.4) is 0 Å². The van der Waals surface area contributed by atoms with E-state index in [4.69, 9.17) is 14.4 Å². The summed E-state index contributed by atoms with van der Waals surface area (Å²) < 4.78 is 6.35. The number of benzene rings is 9. The van der Waals surface area contributed by atoms with Gasteiger partial charge in [0.1, 0.15) is 11.2 Å². The van der Waals surface area contributed by atoms with Crippen molar-refractivity contribution in [1.29, 1.82) is 0 Å². The molecule has 0 saturated carbocycles. The Morgan fingerprint density at radius 1 is 0.340 bits per heavy atom. The Labute approximate surface area is 305 Å². The molecule has 246 valence electrons. The van der Waals surface area contributed by atoms with Crippen LogP contribution in [0.15, 0.2) is 187 Å². The van der Waals surface area contributed by atoms with Crippen LogP contribution in [0.2, 0.25) is 0 Å². The monoisotopic (exact) mass is 674 g/mol. The molecule has 0 saturated heterocycles. The predicted octanol–water partition coefficient (Wildman–Crippen LogP) is 13.7. The number of nitrogens with zero attached hydrogens (tertiary/aromatic N) is 2. The van der Waals surface area contributed by atoms with E-state index in [-0.39, 0.29) is 0 Å². The SMILES string of the molecule is c1cc(-c2cnc3c4ccccc4c4ccccc4c3n2)cc(-c2ccc(-c3ccc(-c4cccc5c4oc4ccccc45)cc3)c3ccccc23)c1. The highest BCUT2D eigenvalue weighted by atomic mass is 16.3. The van der Waals surface area contributed by atoms with Crippen LogP contribution < -0.4 is 0 Å². The van der Waals surface area contributed by atoms with E-state index in [2.05, 4.69) is 164 Å². The molecule has 11 aromatic rings. The zero-order valence-electron chi connectivity index (χ0n) is 28.6. The molecule has 0 bridgehead atoms. The first kappa shape index (κ1) is 29.6. The summed E-state index contributed by atoms with van der Waals surface area (Å²) in [4.78, 5) is 10.3. The van der Waals surface area contributed by atoms with Crippen LogP contribution in [0.25, 0.3) is 110 Å². The van der Waals surface area contributed by atoms with Gasteiger partial charge in [-0.1, -0.05) is 164 Å². The Balaban J connectivity index is 0.985. The zero-order valence-corrected chi connectivity index (χ0v) is 28.6. The number of fused-ring (bicyclic) bond motifs is 10. The average molecular weight is 675 g/mol. The van der Waals surface area contributed by atoms with Gasteiger partial charge in [0, 0.05) is 32.7 Å². The van der Waals surface area contributed by atoms with Crippen molar-refractivity contribution in [1.82, 2.24) is 9.97 Å². The topological polar surface area (TPSA) is 38.9 Å². The minimum atomic E-state index is 0.860. The molecule has 0 aliphatic heterocycles. The molecule has 9 aromatic carbocycles. The van der Waals surface area contributed by atoms with Gasteiger partial charge < -0.3 is 4.42 Å². The molecule has 3 heteroatoms. The van der Waals surface area contributed by atoms with Crippen molar-refractivity contribution in [2.75, 3.05) is 0 Å². The van der Waals surface area contributed by atoms with Crippen LogP contribution >= 0.6 is 0 Å². The summed E-state index contributed by atoms with van der Waals surface area (Å²) in [5.74, 6) is 0. The van der Waals surface area contributed by atoms with Crippen molar-refractivity contribution in [2.45, 2.75) is 0 Å². The van der Waals surface area contributed by atoms with Gasteiger partial charge in [0.05, 0.1) is 22.9 Å². The van der Waals surface area contributed by atoms with Crippen LogP contribution in [0.1, 0.15) is 0 Å². The number of hydrogen-bond acceptors (Lipinski definition) is 3. The largest absolute Gasteiger partial charge is 0.455 e.